The van der Waals surface area contributed by atoms with E-state index in [1.54, 1.807) is 4.90 Å². The van der Waals surface area contributed by atoms with E-state index in [1.165, 1.54) is 25.7 Å². The van der Waals surface area contributed by atoms with E-state index in [0.717, 1.165) is 23.8 Å². The molecule has 2 N–H and O–H groups in total. The second kappa shape index (κ2) is 11.8. The molecule has 31 heavy (non-hydrogen) atoms. The van der Waals surface area contributed by atoms with Crippen LogP contribution in [-0.4, -0.2) is 24.9 Å². The minimum absolute atomic E-state index is 0.0905. The summed E-state index contributed by atoms with van der Waals surface area (Å²) in [6.07, 6.45) is 5.70. The lowest BCUT2D eigenvalue weighted by molar-refractivity contribution is -0.122. The van der Waals surface area contributed by atoms with Gasteiger partial charge in [-0.15, -0.1) is 0 Å². The van der Waals surface area contributed by atoms with Gasteiger partial charge in [-0.3, -0.25) is 9.59 Å². The molecule has 0 spiro atoms. The topological polar surface area (TPSA) is 85.2 Å². The van der Waals surface area contributed by atoms with Crippen molar-refractivity contribution in [3.63, 3.8) is 0 Å². The van der Waals surface area contributed by atoms with Gasteiger partial charge in [-0.05, 0) is 55.2 Å². The number of hydrogen-bond donors (Lipinski definition) is 2. The number of benzene rings is 2. The number of para-hydroxylation sites is 1. The Kier molecular flexibility index (Phi) is 8.48. The lowest BCUT2D eigenvalue weighted by atomic mass is 10.1. The van der Waals surface area contributed by atoms with E-state index in [-0.39, 0.29) is 31.1 Å². The fourth-order valence-electron chi connectivity index (χ4n) is 3.89. The maximum absolute atomic E-state index is 12.7. The molecule has 3 rings (SSSR count). The van der Waals surface area contributed by atoms with Crippen LogP contribution < -0.4 is 15.5 Å². The normalized spacial score (nSPS) is 13.4. The molecule has 6 heteroatoms. The second-order valence-corrected chi connectivity index (χ2v) is 7.95. The summed E-state index contributed by atoms with van der Waals surface area (Å²) in [4.78, 5) is 26.6. The summed E-state index contributed by atoms with van der Waals surface area (Å²) < 4.78 is 0. The molecule has 1 aliphatic rings. The maximum Gasteiger partial charge on any atom is 0.227 e. The summed E-state index contributed by atoms with van der Waals surface area (Å²) >= 11 is 0. The molecule has 2 aromatic carbocycles. The highest BCUT2D eigenvalue weighted by Gasteiger charge is 2.17. The monoisotopic (exact) mass is 418 g/mol. The molecule has 6 nitrogen and oxygen atoms in total. The van der Waals surface area contributed by atoms with Gasteiger partial charge in [0.1, 0.15) is 0 Å². The van der Waals surface area contributed by atoms with Crippen LogP contribution in [0.1, 0.15) is 44.9 Å². The Morgan fingerprint density at radius 1 is 0.968 bits per heavy atom. The van der Waals surface area contributed by atoms with Gasteiger partial charge in [-0.25, -0.2) is 0 Å². The van der Waals surface area contributed by atoms with Crippen molar-refractivity contribution in [1.82, 2.24) is 0 Å². The van der Waals surface area contributed by atoms with Crippen molar-refractivity contribution < 1.29 is 9.59 Å². The molecule has 0 unspecified atom stereocenters. The van der Waals surface area contributed by atoms with Gasteiger partial charge in [-0.1, -0.05) is 31.0 Å². The minimum atomic E-state index is -0.201. The number of nitrogens with zero attached hydrogens (tertiary/aromatic N) is 2. The highest BCUT2D eigenvalue weighted by molar-refractivity contribution is 5.98. The molecule has 0 bridgehead atoms. The first-order valence-electron chi connectivity index (χ1n) is 11.0. The molecule has 0 aliphatic heterocycles. The highest BCUT2D eigenvalue weighted by atomic mass is 16.2. The van der Waals surface area contributed by atoms with E-state index >= 15 is 0 Å². The SMILES string of the molecule is N#CCCN(C(=O)CCC(=O)Nc1ccc(NCC2CCCC2)cc1)c1ccccc1. The Bertz CT molecular complexity index is 884. The van der Waals surface area contributed by atoms with Gasteiger partial charge >= 0.3 is 0 Å². The lowest BCUT2D eigenvalue weighted by Crippen LogP contribution is -2.32. The van der Waals surface area contributed by atoms with Gasteiger partial charge in [0.2, 0.25) is 11.8 Å². The Morgan fingerprint density at radius 3 is 2.32 bits per heavy atom. The van der Waals surface area contributed by atoms with Crippen molar-refractivity contribution in [2.24, 2.45) is 5.92 Å². The fourth-order valence-corrected chi connectivity index (χ4v) is 3.89. The molecule has 0 radical (unpaired) electrons. The number of hydrogen-bond acceptors (Lipinski definition) is 4. The zero-order valence-corrected chi connectivity index (χ0v) is 17.8. The standard InChI is InChI=1S/C25H30N4O2/c26-17-6-18-29(23-9-2-1-3-10-23)25(31)16-15-24(30)28-22-13-11-21(12-14-22)27-19-20-7-4-5-8-20/h1-3,9-14,20,27H,4-8,15-16,18-19H2,(H,28,30). The summed E-state index contributed by atoms with van der Waals surface area (Å²) in [5, 5.41) is 15.2. The summed E-state index contributed by atoms with van der Waals surface area (Å²) in [6.45, 7) is 1.31. The van der Waals surface area contributed by atoms with E-state index in [9.17, 15) is 9.59 Å². The van der Waals surface area contributed by atoms with E-state index < -0.39 is 0 Å². The molecule has 162 valence electrons. The maximum atomic E-state index is 12.7. The largest absolute Gasteiger partial charge is 0.385 e. The predicted molar refractivity (Wildman–Crippen MR) is 124 cm³/mol. The molecular weight excluding hydrogens is 388 g/mol. The number of rotatable bonds is 10. The molecule has 0 heterocycles. The molecule has 0 aromatic heterocycles. The third-order valence-electron chi connectivity index (χ3n) is 5.62. The van der Waals surface area contributed by atoms with Gasteiger partial charge < -0.3 is 15.5 Å². The second-order valence-electron chi connectivity index (χ2n) is 7.95. The number of nitriles is 1. The fraction of sp³-hybridized carbons (Fsp3) is 0.400. The van der Waals surface area contributed by atoms with Gasteiger partial charge in [-0.2, -0.15) is 5.26 Å². The predicted octanol–water partition coefficient (Wildman–Crippen LogP) is 4.95. The lowest BCUT2D eigenvalue weighted by Gasteiger charge is -2.21. The Morgan fingerprint density at radius 2 is 1.65 bits per heavy atom. The van der Waals surface area contributed by atoms with E-state index in [1.807, 2.05) is 54.6 Å². The molecule has 1 aliphatic carbocycles. The minimum Gasteiger partial charge on any atom is -0.385 e. The summed E-state index contributed by atoms with van der Waals surface area (Å²) in [7, 11) is 0. The van der Waals surface area contributed by atoms with Crippen molar-refractivity contribution >= 4 is 28.9 Å². The van der Waals surface area contributed by atoms with Crippen LogP contribution in [0.2, 0.25) is 0 Å². The van der Waals surface area contributed by atoms with Crippen LogP contribution in [0, 0.1) is 17.2 Å². The number of carbonyl (C=O) groups is 2. The van der Waals surface area contributed by atoms with Crippen LogP contribution in [0.3, 0.4) is 0 Å². The summed E-state index contributed by atoms with van der Waals surface area (Å²) in [5.41, 5.74) is 2.51. The van der Waals surface area contributed by atoms with Crippen molar-refractivity contribution in [2.75, 3.05) is 28.6 Å². The first-order chi connectivity index (χ1) is 15.2. The van der Waals surface area contributed by atoms with Crippen LogP contribution in [-0.2, 0) is 9.59 Å². The van der Waals surface area contributed by atoms with E-state index in [0.29, 0.717) is 12.2 Å². The highest BCUT2D eigenvalue weighted by Crippen LogP contribution is 2.25. The Balaban J connectivity index is 1.46. The summed E-state index contributed by atoms with van der Waals surface area (Å²) in [6, 6.07) is 19.0. The number of anilines is 3. The van der Waals surface area contributed by atoms with Crippen LogP contribution in [0.4, 0.5) is 17.1 Å². The van der Waals surface area contributed by atoms with Gasteiger partial charge in [0, 0.05) is 43.0 Å². The van der Waals surface area contributed by atoms with Crippen molar-refractivity contribution in [3.8, 4) is 6.07 Å². The summed E-state index contributed by atoms with van der Waals surface area (Å²) in [5.74, 6) is 0.400. The quantitative estimate of drug-likeness (QED) is 0.571. The Hall–Kier alpha value is -3.33. The first-order valence-corrected chi connectivity index (χ1v) is 11.0. The average molecular weight is 419 g/mol. The number of nitrogens with one attached hydrogen (secondary N) is 2. The molecular formula is C25H30N4O2. The smallest absolute Gasteiger partial charge is 0.227 e. The third-order valence-corrected chi connectivity index (χ3v) is 5.62. The molecule has 0 saturated heterocycles. The van der Waals surface area contributed by atoms with Crippen LogP contribution in [0.15, 0.2) is 54.6 Å². The zero-order valence-electron chi connectivity index (χ0n) is 17.8. The van der Waals surface area contributed by atoms with Crippen molar-refractivity contribution in [1.29, 1.82) is 5.26 Å². The molecule has 1 fully saturated rings. The van der Waals surface area contributed by atoms with Crippen molar-refractivity contribution in [2.45, 2.75) is 44.9 Å². The van der Waals surface area contributed by atoms with E-state index in [2.05, 4.69) is 16.7 Å². The average Bonchev–Trinajstić information content (AvgIpc) is 3.32. The number of amides is 2. The molecule has 1 saturated carbocycles. The van der Waals surface area contributed by atoms with Crippen LogP contribution in [0.5, 0.6) is 0 Å². The van der Waals surface area contributed by atoms with Crippen molar-refractivity contribution in [3.05, 3.63) is 54.6 Å². The van der Waals surface area contributed by atoms with Gasteiger partial charge in [0.25, 0.3) is 0 Å². The van der Waals surface area contributed by atoms with Gasteiger partial charge in [0.05, 0.1) is 12.5 Å². The number of carbonyl (C=O) groups excluding carboxylic acids is 2. The van der Waals surface area contributed by atoms with Gasteiger partial charge in [0.15, 0.2) is 0 Å². The molecule has 0 atom stereocenters. The van der Waals surface area contributed by atoms with Crippen LogP contribution >= 0.6 is 0 Å². The van der Waals surface area contributed by atoms with Crippen LogP contribution in [0.25, 0.3) is 0 Å². The van der Waals surface area contributed by atoms with E-state index in [4.69, 9.17) is 5.26 Å². The molecule has 2 amide bonds. The third kappa shape index (κ3) is 7.14. The Labute approximate surface area is 184 Å². The first kappa shape index (κ1) is 22.4. The molecule has 2 aromatic rings. The zero-order chi connectivity index (χ0) is 21.9.